The number of aromatic nitrogens is 1. The highest BCUT2D eigenvalue weighted by molar-refractivity contribution is 8.93. The van der Waals surface area contributed by atoms with E-state index in [2.05, 4.69) is 22.5 Å². The molecule has 0 bridgehead atoms. The first kappa shape index (κ1) is 16.9. The number of rotatable bonds is 2. The fourth-order valence-corrected chi connectivity index (χ4v) is 3.11. The Balaban J connectivity index is 0.00000176. The highest BCUT2D eigenvalue weighted by atomic mass is 79.9. The lowest BCUT2D eigenvalue weighted by molar-refractivity contribution is 0.628. The van der Waals surface area contributed by atoms with Crippen LogP contribution in [0.5, 0.6) is 0 Å². The molecule has 0 saturated heterocycles. The van der Waals surface area contributed by atoms with Crippen molar-refractivity contribution in [3.8, 4) is 11.3 Å². The van der Waals surface area contributed by atoms with E-state index in [4.69, 9.17) is 11.6 Å². The number of halogens is 3. The number of thiazole rings is 1. The van der Waals surface area contributed by atoms with Crippen LogP contribution in [0.25, 0.3) is 11.3 Å². The molecular formula is C16H13BrClFN2S. The predicted octanol–water partition coefficient (Wildman–Crippen LogP) is 5.36. The molecule has 0 amide bonds. The van der Waals surface area contributed by atoms with Gasteiger partial charge in [0.25, 0.3) is 0 Å². The summed E-state index contributed by atoms with van der Waals surface area (Å²) >= 11 is 7.32. The van der Waals surface area contributed by atoms with E-state index in [0.717, 1.165) is 16.1 Å². The molecule has 0 aliphatic heterocycles. The third-order valence-electron chi connectivity index (χ3n) is 3.12. The van der Waals surface area contributed by atoms with Crippen LogP contribution >= 0.6 is 39.9 Å². The Hall–Kier alpha value is -1.43. The lowest BCUT2D eigenvalue weighted by Gasteiger charge is -2.02. The molecule has 0 atom stereocenters. The van der Waals surface area contributed by atoms with Crippen molar-refractivity contribution in [3.05, 3.63) is 69.6 Å². The first-order chi connectivity index (χ1) is 10.1. The van der Waals surface area contributed by atoms with E-state index in [1.54, 1.807) is 6.07 Å². The second-order valence-electron chi connectivity index (χ2n) is 4.54. The summed E-state index contributed by atoms with van der Waals surface area (Å²) in [6, 6.07) is 14.6. The largest absolute Gasteiger partial charge is 0.320 e. The summed E-state index contributed by atoms with van der Waals surface area (Å²) < 4.78 is 15.2. The predicted molar refractivity (Wildman–Crippen MR) is 95.7 cm³/mol. The Morgan fingerprint density at radius 1 is 1.14 bits per heavy atom. The second-order valence-corrected chi connectivity index (χ2v) is 5.78. The lowest BCUT2D eigenvalue weighted by atomic mass is 10.2. The first-order valence-electron chi connectivity index (χ1n) is 6.35. The molecule has 22 heavy (non-hydrogen) atoms. The summed E-state index contributed by atoms with van der Waals surface area (Å²) in [6.45, 7) is 0. The molecule has 114 valence electrons. The summed E-state index contributed by atoms with van der Waals surface area (Å²) in [5.74, 6) is -0.434. The van der Waals surface area contributed by atoms with Gasteiger partial charge in [0.1, 0.15) is 5.82 Å². The van der Waals surface area contributed by atoms with Crippen molar-refractivity contribution in [1.82, 2.24) is 4.57 Å². The van der Waals surface area contributed by atoms with E-state index in [1.807, 2.05) is 29.8 Å². The highest BCUT2D eigenvalue weighted by Gasteiger charge is 2.05. The average molecular weight is 400 g/mol. The third kappa shape index (κ3) is 3.48. The van der Waals surface area contributed by atoms with Crippen LogP contribution in [-0.4, -0.2) is 4.57 Å². The van der Waals surface area contributed by atoms with E-state index in [9.17, 15) is 4.39 Å². The van der Waals surface area contributed by atoms with Crippen LogP contribution in [0.15, 0.2) is 58.9 Å². The Labute approximate surface area is 147 Å². The van der Waals surface area contributed by atoms with Crippen LogP contribution in [0, 0.1) is 5.82 Å². The van der Waals surface area contributed by atoms with Crippen molar-refractivity contribution in [1.29, 1.82) is 0 Å². The lowest BCUT2D eigenvalue weighted by Crippen LogP contribution is -2.10. The minimum absolute atomic E-state index is 0. The molecule has 0 saturated carbocycles. The SMILES string of the molecule is Br.Cn1c(-c2ccccc2)csc1=Nc1ccc(F)c(Cl)c1. The van der Waals surface area contributed by atoms with Gasteiger partial charge in [-0.15, -0.1) is 28.3 Å². The van der Waals surface area contributed by atoms with Crippen LogP contribution in [0.2, 0.25) is 5.02 Å². The molecule has 0 unspecified atom stereocenters. The van der Waals surface area contributed by atoms with Crippen molar-refractivity contribution in [2.45, 2.75) is 0 Å². The monoisotopic (exact) mass is 398 g/mol. The van der Waals surface area contributed by atoms with Gasteiger partial charge in [0, 0.05) is 12.4 Å². The van der Waals surface area contributed by atoms with Gasteiger partial charge in [-0.2, -0.15) is 0 Å². The number of nitrogens with zero attached hydrogens (tertiary/aromatic N) is 2. The Morgan fingerprint density at radius 2 is 1.86 bits per heavy atom. The van der Waals surface area contributed by atoms with E-state index >= 15 is 0 Å². The molecule has 0 radical (unpaired) electrons. The molecule has 0 aliphatic rings. The van der Waals surface area contributed by atoms with Gasteiger partial charge in [0.05, 0.1) is 16.4 Å². The van der Waals surface area contributed by atoms with Gasteiger partial charge in [-0.25, -0.2) is 9.38 Å². The maximum Gasteiger partial charge on any atom is 0.190 e. The van der Waals surface area contributed by atoms with E-state index in [0.29, 0.717) is 5.69 Å². The molecule has 2 nitrogen and oxygen atoms in total. The van der Waals surface area contributed by atoms with Gasteiger partial charge in [0.2, 0.25) is 0 Å². The van der Waals surface area contributed by atoms with Crippen molar-refractivity contribution in [2.75, 3.05) is 0 Å². The summed E-state index contributed by atoms with van der Waals surface area (Å²) in [7, 11) is 1.96. The van der Waals surface area contributed by atoms with E-state index < -0.39 is 5.82 Å². The van der Waals surface area contributed by atoms with Crippen LogP contribution < -0.4 is 4.80 Å². The smallest absolute Gasteiger partial charge is 0.190 e. The van der Waals surface area contributed by atoms with Gasteiger partial charge < -0.3 is 4.57 Å². The number of benzene rings is 2. The fourth-order valence-electron chi connectivity index (χ4n) is 2.01. The number of hydrogen-bond acceptors (Lipinski definition) is 2. The number of hydrogen-bond donors (Lipinski definition) is 0. The molecule has 0 spiro atoms. The summed E-state index contributed by atoms with van der Waals surface area (Å²) in [6.07, 6.45) is 0. The normalized spacial score (nSPS) is 11.3. The van der Waals surface area contributed by atoms with Crippen LogP contribution in [-0.2, 0) is 7.05 Å². The summed E-state index contributed by atoms with van der Waals surface area (Å²) in [5, 5.41) is 2.14. The van der Waals surface area contributed by atoms with Crippen molar-refractivity contribution >= 4 is 45.6 Å². The average Bonchev–Trinajstić information content (AvgIpc) is 2.85. The second kappa shape index (κ2) is 7.22. The van der Waals surface area contributed by atoms with E-state index in [-0.39, 0.29) is 22.0 Å². The van der Waals surface area contributed by atoms with Crippen molar-refractivity contribution in [3.63, 3.8) is 0 Å². The van der Waals surface area contributed by atoms with Crippen molar-refractivity contribution < 1.29 is 4.39 Å². The maximum atomic E-state index is 13.2. The van der Waals surface area contributed by atoms with E-state index in [1.165, 1.54) is 23.5 Å². The molecule has 0 aliphatic carbocycles. The first-order valence-corrected chi connectivity index (χ1v) is 7.60. The van der Waals surface area contributed by atoms with Gasteiger partial charge >= 0.3 is 0 Å². The van der Waals surface area contributed by atoms with Crippen molar-refractivity contribution in [2.24, 2.45) is 12.0 Å². The van der Waals surface area contributed by atoms with Gasteiger partial charge in [-0.3, -0.25) is 0 Å². The zero-order valence-corrected chi connectivity index (χ0v) is 14.9. The standard InChI is InChI=1S/C16H12ClFN2S.BrH/c1-20-15(11-5-3-2-4-6-11)10-21-16(20)19-12-7-8-14(18)13(17)9-12;/h2-10H,1H3;1H. The molecule has 6 heteroatoms. The maximum absolute atomic E-state index is 13.2. The Bertz CT molecular complexity index is 843. The molecule has 3 aromatic rings. The topological polar surface area (TPSA) is 17.3 Å². The Kier molecular flexibility index (Phi) is 5.56. The molecule has 0 N–H and O–H groups in total. The van der Waals surface area contributed by atoms with Crippen LogP contribution in [0.4, 0.5) is 10.1 Å². The molecular weight excluding hydrogens is 387 g/mol. The highest BCUT2D eigenvalue weighted by Crippen LogP contribution is 2.22. The molecule has 2 aromatic carbocycles. The molecule has 0 fully saturated rings. The quantitative estimate of drug-likeness (QED) is 0.552. The van der Waals surface area contributed by atoms with Crippen LogP contribution in [0.1, 0.15) is 0 Å². The molecule has 1 aromatic heterocycles. The van der Waals surface area contributed by atoms with Gasteiger partial charge in [-0.1, -0.05) is 41.9 Å². The Morgan fingerprint density at radius 3 is 2.55 bits per heavy atom. The minimum Gasteiger partial charge on any atom is -0.320 e. The summed E-state index contributed by atoms with van der Waals surface area (Å²) in [4.78, 5) is 5.35. The van der Waals surface area contributed by atoms with Gasteiger partial charge in [-0.05, 0) is 23.8 Å². The molecule has 3 rings (SSSR count). The minimum atomic E-state index is -0.434. The zero-order chi connectivity index (χ0) is 14.8. The van der Waals surface area contributed by atoms with Gasteiger partial charge in [0.15, 0.2) is 4.80 Å². The third-order valence-corrected chi connectivity index (χ3v) is 4.33. The summed E-state index contributed by atoms with van der Waals surface area (Å²) in [5.41, 5.74) is 2.86. The fraction of sp³-hybridized carbons (Fsp3) is 0.0625. The zero-order valence-electron chi connectivity index (χ0n) is 11.7. The molecule has 1 heterocycles. The van der Waals surface area contributed by atoms with Crippen LogP contribution in [0.3, 0.4) is 0 Å².